The third-order valence-corrected chi connectivity index (χ3v) is 3.09. The minimum absolute atomic E-state index is 0.434. The van der Waals surface area contributed by atoms with Gasteiger partial charge in [-0.25, -0.2) is 4.68 Å². The highest BCUT2D eigenvalue weighted by Gasteiger charge is 2.16. The average Bonchev–Trinajstić information content (AvgIpc) is 2.76. The number of nitrogens with zero attached hydrogens (tertiary/aromatic N) is 5. The molecule has 0 atom stereocenters. The quantitative estimate of drug-likeness (QED) is 0.899. The van der Waals surface area contributed by atoms with Crippen molar-refractivity contribution in [3.05, 3.63) is 28.6 Å². The molecule has 98 valence electrons. The molecule has 0 aliphatic rings. The third-order valence-electron chi connectivity index (χ3n) is 3.09. The van der Waals surface area contributed by atoms with Gasteiger partial charge in [-0.2, -0.15) is 10.4 Å². The molecule has 2 rings (SSSR count). The molecule has 6 heteroatoms. The molecule has 0 saturated carbocycles. The van der Waals surface area contributed by atoms with Gasteiger partial charge in [0.2, 0.25) is 0 Å². The van der Waals surface area contributed by atoms with Gasteiger partial charge in [-0.05, 0) is 25.3 Å². The first-order valence-electron chi connectivity index (χ1n) is 6.22. The van der Waals surface area contributed by atoms with Crippen LogP contribution in [0.3, 0.4) is 0 Å². The third kappa shape index (κ3) is 2.15. The summed E-state index contributed by atoms with van der Waals surface area (Å²) in [6, 6.07) is 2.21. The van der Waals surface area contributed by atoms with Crippen molar-refractivity contribution in [3.8, 4) is 11.9 Å². The smallest absolute Gasteiger partial charge is 0.193 e. The van der Waals surface area contributed by atoms with E-state index in [0.717, 1.165) is 29.7 Å². The summed E-state index contributed by atoms with van der Waals surface area (Å²) < 4.78 is 1.52. The number of nitriles is 1. The van der Waals surface area contributed by atoms with Gasteiger partial charge in [-0.3, -0.25) is 0 Å². The van der Waals surface area contributed by atoms with Crippen LogP contribution >= 0.6 is 0 Å². The molecule has 2 aromatic heterocycles. The summed E-state index contributed by atoms with van der Waals surface area (Å²) in [5, 5.41) is 21.9. The van der Waals surface area contributed by atoms with Crippen molar-refractivity contribution in [2.24, 2.45) is 0 Å². The molecule has 0 aliphatic heterocycles. The fourth-order valence-corrected chi connectivity index (χ4v) is 2.02. The van der Waals surface area contributed by atoms with Gasteiger partial charge >= 0.3 is 0 Å². The summed E-state index contributed by atoms with van der Waals surface area (Å²) in [6.07, 6.45) is 3.25. The van der Waals surface area contributed by atoms with E-state index in [0.29, 0.717) is 17.2 Å². The lowest BCUT2D eigenvalue weighted by atomic mass is 10.0. The summed E-state index contributed by atoms with van der Waals surface area (Å²) in [7, 11) is 0. The van der Waals surface area contributed by atoms with Gasteiger partial charge in [0.15, 0.2) is 5.82 Å². The summed E-state index contributed by atoms with van der Waals surface area (Å²) in [6.45, 7) is 5.86. The van der Waals surface area contributed by atoms with E-state index in [1.165, 1.54) is 4.68 Å². The highest BCUT2D eigenvalue weighted by Crippen LogP contribution is 2.20. The molecule has 0 amide bonds. The number of nitrogens with two attached hydrogens (primary N) is 1. The van der Waals surface area contributed by atoms with E-state index in [1.807, 2.05) is 20.8 Å². The van der Waals surface area contributed by atoms with Gasteiger partial charge in [-0.1, -0.05) is 13.8 Å². The molecule has 2 heterocycles. The van der Waals surface area contributed by atoms with Crippen LogP contribution in [0.2, 0.25) is 0 Å². The van der Waals surface area contributed by atoms with Crippen molar-refractivity contribution in [1.82, 2.24) is 20.0 Å². The number of rotatable bonds is 3. The van der Waals surface area contributed by atoms with Gasteiger partial charge in [0.25, 0.3) is 0 Å². The SMILES string of the molecule is CCc1nnc(-n2cc(C)c(N)n2)c(C#N)c1CC. The van der Waals surface area contributed by atoms with Crippen LogP contribution in [0, 0.1) is 18.3 Å². The van der Waals surface area contributed by atoms with Gasteiger partial charge in [-0.15, -0.1) is 10.2 Å². The zero-order valence-electron chi connectivity index (χ0n) is 11.3. The molecular weight excluding hydrogens is 240 g/mol. The zero-order valence-corrected chi connectivity index (χ0v) is 11.3. The van der Waals surface area contributed by atoms with Crippen molar-refractivity contribution in [3.63, 3.8) is 0 Å². The van der Waals surface area contributed by atoms with Crippen molar-refractivity contribution in [2.45, 2.75) is 33.6 Å². The second kappa shape index (κ2) is 5.06. The minimum atomic E-state index is 0.434. The lowest BCUT2D eigenvalue weighted by Crippen LogP contribution is -2.10. The summed E-state index contributed by atoms with van der Waals surface area (Å²) >= 11 is 0. The number of anilines is 1. The van der Waals surface area contributed by atoms with Crippen molar-refractivity contribution < 1.29 is 0 Å². The molecule has 0 unspecified atom stereocenters. The van der Waals surface area contributed by atoms with E-state index in [-0.39, 0.29) is 0 Å². The first kappa shape index (κ1) is 13.0. The number of aryl methyl sites for hydroxylation is 2. The molecule has 0 fully saturated rings. The molecule has 2 N–H and O–H groups in total. The topological polar surface area (TPSA) is 93.4 Å². The second-order valence-corrected chi connectivity index (χ2v) is 4.28. The Labute approximate surface area is 111 Å². The largest absolute Gasteiger partial charge is 0.382 e. The van der Waals surface area contributed by atoms with Crippen LogP contribution in [0.5, 0.6) is 0 Å². The van der Waals surface area contributed by atoms with Gasteiger partial charge < -0.3 is 5.73 Å². The second-order valence-electron chi connectivity index (χ2n) is 4.28. The van der Waals surface area contributed by atoms with E-state index in [1.54, 1.807) is 6.20 Å². The molecule has 6 nitrogen and oxygen atoms in total. The predicted octanol–water partition coefficient (Wildman–Crippen LogP) is 1.55. The molecule has 0 aromatic carbocycles. The zero-order chi connectivity index (χ0) is 14.0. The number of nitrogen functional groups attached to an aromatic ring is 1. The highest BCUT2D eigenvalue weighted by molar-refractivity contribution is 5.51. The normalized spacial score (nSPS) is 10.4. The van der Waals surface area contributed by atoms with Crippen LogP contribution < -0.4 is 5.73 Å². The summed E-state index contributed by atoms with van der Waals surface area (Å²) in [5.41, 5.74) is 8.90. The van der Waals surface area contributed by atoms with Crippen molar-refractivity contribution in [1.29, 1.82) is 5.26 Å². The van der Waals surface area contributed by atoms with Gasteiger partial charge in [0.1, 0.15) is 17.5 Å². The number of hydrogen-bond donors (Lipinski definition) is 1. The van der Waals surface area contributed by atoms with Crippen molar-refractivity contribution >= 4 is 5.82 Å². The molecule has 0 radical (unpaired) electrons. The molecular formula is C13H16N6. The maximum absolute atomic E-state index is 9.40. The lowest BCUT2D eigenvalue weighted by Gasteiger charge is -2.09. The fraction of sp³-hybridized carbons (Fsp3) is 0.385. The standard InChI is InChI=1S/C13H16N6/c1-4-9-10(6-14)13(17-16-11(9)5-2)19-7-8(3)12(15)18-19/h7H,4-5H2,1-3H3,(H2,15,18). The molecule has 0 aliphatic carbocycles. The molecule has 0 saturated heterocycles. The number of hydrogen-bond acceptors (Lipinski definition) is 5. The lowest BCUT2D eigenvalue weighted by molar-refractivity contribution is 0.780. The molecule has 0 spiro atoms. The van der Waals surface area contributed by atoms with Crippen LogP contribution in [-0.4, -0.2) is 20.0 Å². The average molecular weight is 256 g/mol. The monoisotopic (exact) mass is 256 g/mol. The highest BCUT2D eigenvalue weighted by atomic mass is 15.4. The molecule has 0 bridgehead atoms. The van der Waals surface area contributed by atoms with Gasteiger partial charge in [0, 0.05) is 11.8 Å². The molecule has 19 heavy (non-hydrogen) atoms. The van der Waals surface area contributed by atoms with Crippen LogP contribution in [0.25, 0.3) is 5.82 Å². The van der Waals surface area contributed by atoms with E-state index in [2.05, 4.69) is 21.4 Å². The van der Waals surface area contributed by atoms with E-state index in [4.69, 9.17) is 5.73 Å². The fourth-order valence-electron chi connectivity index (χ4n) is 2.02. The van der Waals surface area contributed by atoms with E-state index in [9.17, 15) is 5.26 Å². The number of aromatic nitrogens is 4. The Morgan fingerprint density at radius 1 is 1.32 bits per heavy atom. The van der Waals surface area contributed by atoms with Crippen LogP contribution in [0.4, 0.5) is 5.82 Å². The Kier molecular flexibility index (Phi) is 3.47. The van der Waals surface area contributed by atoms with E-state index >= 15 is 0 Å². The Balaban J connectivity index is 2.68. The Morgan fingerprint density at radius 2 is 2.05 bits per heavy atom. The summed E-state index contributed by atoms with van der Waals surface area (Å²) in [4.78, 5) is 0. The molecule has 2 aromatic rings. The summed E-state index contributed by atoms with van der Waals surface area (Å²) in [5.74, 6) is 0.875. The maximum atomic E-state index is 9.40. The Bertz CT molecular complexity index is 630. The van der Waals surface area contributed by atoms with Crippen molar-refractivity contribution in [2.75, 3.05) is 5.73 Å². The Hall–Kier alpha value is -2.42. The van der Waals surface area contributed by atoms with E-state index < -0.39 is 0 Å². The minimum Gasteiger partial charge on any atom is -0.382 e. The van der Waals surface area contributed by atoms with Crippen LogP contribution in [-0.2, 0) is 12.8 Å². The van der Waals surface area contributed by atoms with Gasteiger partial charge in [0.05, 0.1) is 5.69 Å². The first-order chi connectivity index (χ1) is 9.12. The van der Waals surface area contributed by atoms with Crippen LogP contribution in [0.15, 0.2) is 6.20 Å². The predicted molar refractivity (Wildman–Crippen MR) is 71.8 cm³/mol. The van der Waals surface area contributed by atoms with Crippen LogP contribution in [0.1, 0.15) is 36.2 Å². The first-order valence-corrected chi connectivity index (χ1v) is 6.22. The Morgan fingerprint density at radius 3 is 2.53 bits per heavy atom. The maximum Gasteiger partial charge on any atom is 0.193 e.